The molecule has 2 heteroatoms. The molecule has 0 fully saturated rings. The van der Waals surface area contributed by atoms with Crippen LogP contribution in [0.15, 0.2) is 24.3 Å². The van der Waals surface area contributed by atoms with E-state index in [9.17, 15) is 0 Å². The van der Waals surface area contributed by atoms with Crippen molar-refractivity contribution in [2.45, 2.75) is 45.4 Å². The zero-order valence-electron chi connectivity index (χ0n) is 11.0. The molecule has 0 radical (unpaired) electrons. The minimum absolute atomic E-state index is 0.303. The molecule has 1 aromatic carbocycles. The van der Waals surface area contributed by atoms with Gasteiger partial charge >= 0.3 is 0 Å². The van der Waals surface area contributed by atoms with Gasteiger partial charge in [0.15, 0.2) is 0 Å². The van der Waals surface area contributed by atoms with Gasteiger partial charge in [0.1, 0.15) is 5.75 Å². The highest BCUT2D eigenvalue weighted by Gasteiger charge is 2.00. The summed E-state index contributed by atoms with van der Waals surface area (Å²) in [6, 6.07) is 8.33. The van der Waals surface area contributed by atoms with Crippen molar-refractivity contribution in [3.63, 3.8) is 0 Å². The Kier molecular flexibility index (Phi) is 6.71. The first-order valence-corrected chi connectivity index (χ1v) is 6.57. The first-order chi connectivity index (χ1) is 8.24. The van der Waals surface area contributed by atoms with Crippen molar-refractivity contribution < 1.29 is 9.84 Å². The normalized spacial score (nSPS) is 10.8. The Balaban J connectivity index is 2.24. The maximum absolute atomic E-state index is 8.65. The zero-order chi connectivity index (χ0) is 12.5. The summed E-state index contributed by atoms with van der Waals surface area (Å²) in [6.45, 7) is 5.45. The monoisotopic (exact) mass is 236 g/mol. The molecule has 0 aromatic heterocycles. The second-order valence-electron chi connectivity index (χ2n) is 4.71. The van der Waals surface area contributed by atoms with E-state index in [1.807, 2.05) is 6.07 Å². The van der Waals surface area contributed by atoms with Crippen LogP contribution in [0.4, 0.5) is 0 Å². The lowest BCUT2D eigenvalue weighted by Crippen LogP contribution is -1.98. The number of unbranched alkanes of at least 4 members (excludes halogenated alkanes) is 3. The van der Waals surface area contributed by atoms with Crippen LogP contribution in [0.25, 0.3) is 0 Å². The molecule has 0 aliphatic heterocycles. The van der Waals surface area contributed by atoms with Crippen molar-refractivity contribution in [2.24, 2.45) is 0 Å². The molecule has 0 bridgehead atoms. The van der Waals surface area contributed by atoms with Crippen LogP contribution in [0.2, 0.25) is 0 Å². The lowest BCUT2D eigenvalue weighted by Gasteiger charge is -2.09. The van der Waals surface area contributed by atoms with Gasteiger partial charge < -0.3 is 9.84 Å². The van der Waals surface area contributed by atoms with Crippen LogP contribution in [0.5, 0.6) is 5.75 Å². The summed E-state index contributed by atoms with van der Waals surface area (Å²) in [5.41, 5.74) is 1.32. The largest absolute Gasteiger partial charge is 0.494 e. The SMILES string of the molecule is CC(C)c1cccc(OCCCCCCO)c1. The minimum Gasteiger partial charge on any atom is -0.494 e. The number of hydrogen-bond donors (Lipinski definition) is 1. The fourth-order valence-corrected chi connectivity index (χ4v) is 1.72. The van der Waals surface area contributed by atoms with Crippen molar-refractivity contribution in [1.82, 2.24) is 0 Å². The van der Waals surface area contributed by atoms with Crippen molar-refractivity contribution in [1.29, 1.82) is 0 Å². The van der Waals surface area contributed by atoms with Gasteiger partial charge in [0, 0.05) is 6.61 Å². The topological polar surface area (TPSA) is 29.5 Å². The van der Waals surface area contributed by atoms with E-state index in [1.165, 1.54) is 5.56 Å². The van der Waals surface area contributed by atoms with E-state index in [-0.39, 0.29) is 0 Å². The summed E-state index contributed by atoms with van der Waals surface area (Å²) in [5.74, 6) is 1.52. The van der Waals surface area contributed by atoms with Crippen LogP contribution in [0, 0.1) is 0 Å². The Hall–Kier alpha value is -1.02. The van der Waals surface area contributed by atoms with Crippen LogP contribution < -0.4 is 4.74 Å². The summed E-state index contributed by atoms with van der Waals surface area (Å²) < 4.78 is 5.71. The Morgan fingerprint density at radius 2 is 1.88 bits per heavy atom. The van der Waals surface area contributed by atoms with E-state index in [4.69, 9.17) is 9.84 Å². The molecule has 1 N–H and O–H groups in total. The second-order valence-corrected chi connectivity index (χ2v) is 4.71. The molecule has 0 aliphatic rings. The third-order valence-electron chi connectivity index (χ3n) is 2.85. The van der Waals surface area contributed by atoms with Crippen molar-refractivity contribution >= 4 is 0 Å². The van der Waals surface area contributed by atoms with Crippen LogP contribution in [0.3, 0.4) is 0 Å². The molecule has 0 amide bonds. The summed E-state index contributed by atoms with van der Waals surface area (Å²) in [6.07, 6.45) is 4.19. The molecule has 2 nitrogen and oxygen atoms in total. The summed E-state index contributed by atoms with van der Waals surface area (Å²) in [5, 5.41) is 8.65. The zero-order valence-corrected chi connectivity index (χ0v) is 11.0. The van der Waals surface area contributed by atoms with Crippen molar-refractivity contribution in [3.8, 4) is 5.75 Å². The number of ether oxygens (including phenoxy) is 1. The van der Waals surface area contributed by atoms with Crippen molar-refractivity contribution in [2.75, 3.05) is 13.2 Å². The van der Waals surface area contributed by atoms with Gasteiger partial charge in [-0.15, -0.1) is 0 Å². The highest BCUT2D eigenvalue weighted by atomic mass is 16.5. The van der Waals surface area contributed by atoms with Crippen molar-refractivity contribution in [3.05, 3.63) is 29.8 Å². The summed E-state index contributed by atoms with van der Waals surface area (Å²) in [4.78, 5) is 0. The quantitative estimate of drug-likeness (QED) is 0.697. The lowest BCUT2D eigenvalue weighted by molar-refractivity contribution is 0.273. The van der Waals surface area contributed by atoms with Crippen LogP contribution >= 0.6 is 0 Å². The van der Waals surface area contributed by atoms with Gasteiger partial charge in [-0.2, -0.15) is 0 Å². The molecule has 1 rings (SSSR count). The number of benzene rings is 1. The van der Waals surface area contributed by atoms with Gasteiger partial charge in [0.2, 0.25) is 0 Å². The molecule has 0 saturated heterocycles. The third-order valence-corrected chi connectivity index (χ3v) is 2.85. The number of rotatable bonds is 8. The average Bonchev–Trinajstić information content (AvgIpc) is 2.34. The first kappa shape index (κ1) is 14.0. The van der Waals surface area contributed by atoms with Gasteiger partial charge in [0.25, 0.3) is 0 Å². The highest BCUT2D eigenvalue weighted by Crippen LogP contribution is 2.20. The van der Waals surface area contributed by atoms with Gasteiger partial charge in [-0.25, -0.2) is 0 Å². The van der Waals surface area contributed by atoms with Crippen LogP contribution in [-0.2, 0) is 0 Å². The standard InChI is InChI=1S/C15H24O2/c1-13(2)14-8-7-9-15(12-14)17-11-6-4-3-5-10-16/h7-9,12-13,16H,3-6,10-11H2,1-2H3. The molecule has 0 heterocycles. The molecular weight excluding hydrogens is 212 g/mol. The molecule has 0 atom stereocenters. The first-order valence-electron chi connectivity index (χ1n) is 6.57. The van der Waals surface area contributed by atoms with Gasteiger partial charge in [-0.1, -0.05) is 32.4 Å². The van der Waals surface area contributed by atoms with Gasteiger partial charge in [-0.05, 0) is 42.9 Å². The molecule has 0 saturated carbocycles. The number of hydrogen-bond acceptors (Lipinski definition) is 2. The van der Waals surface area contributed by atoms with E-state index in [0.717, 1.165) is 38.0 Å². The number of aliphatic hydroxyl groups excluding tert-OH is 1. The van der Waals surface area contributed by atoms with E-state index < -0.39 is 0 Å². The van der Waals surface area contributed by atoms with Crippen LogP contribution in [-0.4, -0.2) is 18.3 Å². The van der Waals surface area contributed by atoms with Crippen LogP contribution in [0.1, 0.15) is 51.0 Å². The molecule has 1 aromatic rings. The molecule has 17 heavy (non-hydrogen) atoms. The fraction of sp³-hybridized carbons (Fsp3) is 0.600. The Morgan fingerprint density at radius 1 is 1.12 bits per heavy atom. The van der Waals surface area contributed by atoms with E-state index >= 15 is 0 Å². The number of aliphatic hydroxyl groups is 1. The molecule has 0 spiro atoms. The lowest BCUT2D eigenvalue weighted by atomic mass is 10.0. The summed E-state index contributed by atoms with van der Waals surface area (Å²) >= 11 is 0. The third kappa shape index (κ3) is 5.73. The molecular formula is C15H24O2. The highest BCUT2D eigenvalue weighted by molar-refractivity contribution is 5.30. The Bertz CT molecular complexity index is 308. The smallest absolute Gasteiger partial charge is 0.119 e. The second kappa shape index (κ2) is 8.13. The Labute approximate surface area is 105 Å². The average molecular weight is 236 g/mol. The minimum atomic E-state index is 0.303. The predicted octanol–water partition coefficient (Wildman–Crippen LogP) is 3.74. The summed E-state index contributed by atoms with van der Waals surface area (Å²) in [7, 11) is 0. The maximum Gasteiger partial charge on any atom is 0.119 e. The van der Waals surface area contributed by atoms with E-state index in [2.05, 4.69) is 32.0 Å². The fourth-order valence-electron chi connectivity index (χ4n) is 1.72. The van der Waals surface area contributed by atoms with Gasteiger partial charge in [-0.3, -0.25) is 0 Å². The van der Waals surface area contributed by atoms with Gasteiger partial charge in [0.05, 0.1) is 6.61 Å². The van der Waals surface area contributed by atoms with E-state index in [0.29, 0.717) is 12.5 Å². The predicted molar refractivity (Wildman–Crippen MR) is 71.6 cm³/mol. The maximum atomic E-state index is 8.65. The van der Waals surface area contributed by atoms with E-state index in [1.54, 1.807) is 0 Å². The Morgan fingerprint density at radius 3 is 2.59 bits per heavy atom. The molecule has 0 aliphatic carbocycles. The molecule has 96 valence electrons. The molecule has 0 unspecified atom stereocenters.